The van der Waals surface area contributed by atoms with Gasteiger partial charge in [0.05, 0.1) is 11.5 Å². The van der Waals surface area contributed by atoms with Crippen LogP contribution in [-0.2, 0) is 19.4 Å². The van der Waals surface area contributed by atoms with Gasteiger partial charge in [-0.15, -0.1) is 0 Å². The first-order chi connectivity index (χ1) is 10.3. The Kier molecular flexibility index (Phi) is 4.74. The summed E-state index contributed by atoms with van der Waals surface area (Å²) in [7, 11) is -3.15. The van der Waals surface area contributed by atoms with Gasteiger partial charge in [0.2, 0.25) is 0 Å². The molecule has 1 fully saturated rings. The van der Waals surface area contributed by atoms with Crippen molar-refractivity contribution in [2.24, 2.45) is 0 Å². The number of sulfone groups is 1. The van der Waals surface area contributed by atoms with Crippen molar-refractivity contribution in [1.29, 1.82) is 0 Å². The first-order valence-electron chi connectivity index (χ1n) is 6.39. The normalized spacial score (nSPS) is 19.6. The Labute approximate surface area is 125 Å². The minimum Gasteiger partial charge on any atom is -0.452 e. The largest absolute Gasteiger partial charge is 0.452 e. The van der Waals surface area contributed by atoms with Crippen molar-refractivity contribution in [3.8, 4) is 0 Å². The van der Waals surface area contributed by atoms with Crippen LogP contribution in [-0.4, -0.2) is 44.4 Å². The van der Waals surface area contributed by atoms with E-state index in [2.05, 4.69) is 10.1 Å². The zero-order chi connectivity index (χ0) is 16.3. The summed E-state index contributed by atoms with van der Waals surface area (Å²) in [5.41, 5.74) is -0.876. The lowest BCUT2D eigenvalue weighted by atomic mass is 10.2. The van der Waals surface area contributed by atoms with Crippen LogP contribution in [0.1, 0.15) is 16.8 Å². The smallest absolute Gasteiger partial charge is 0.344 e. The first-order valence-corrected chi connectivity index (χ1v) is 8.21. The molecule has 1 heterocycles. The third-order valence-corrected chi connectivity index (χ3v) is 4.87. The quantitative estimate of drug-likeness (QED) is 0.807. The van der Waals surface area contributed by atoms with Crippen molar-refractivity contribution in [2.75, 3.05) is 18.1 Å². The highest BCUT2D eigenvalue weighted by Crippen LogP contribution is 2.13. The molecule has 2 rings (SSSR count). The van der Waals surface area contributed by atoms with Crippen molar-refractivity contribution in [1.82, 2.24) is 5.32 Å². The second-order valence-corrected chi connectivity index (χ2v) is 7.07. The second-order valence-electron chi connectivity index (χ2n) is 4.84. The molecule has 1 N–H and O–H groups in total. The number of benzene rings is 1. The number of hydrogen-bond acceptors (Lipinski definition) is 5. The minimum absolute atomic E-state index is 0.0157. The fourth-order valence-corrected chi connectivity index (χ4v) is 3.75. The molecule has 1 atom stereocenters. The lowest BCUT2D eigenvalue weighted by Gasteiger charge is -2.11. The van der Waals surface area contributed by atoms with E-state index in [0.29, 0.717) is 0 Å². The molecule has 0 bridgehead atoms. The van der Waals surface area contributed by atoms with Gasteiger partial charge in [-0.2, -0.15) is 0 Å². The summed E-state index contributed by atoms with van der Waals surface area (Å²) in [6, 6.07) is 2.34. The molecule has 9 heteroatoms. The Hall–Kier alpha value is -2.03. The molecule has 1 amide bonds. The maximum Gasteiger partial charge on any atom is 0.344 e. The highest BCUT2D eigenvalue weighted by Gasteiger charge is 2.29. The molecular weight excluding hydrogens is 320 g/mol. The lowest BCUT2D eigenvalue weighted by Crippen LogP contribution is -2.38. The first kappa shape index (κ1) is 16.3. The summed E-state index contributed by atoms with van der Waals surface area (Å²) in [5, 5.41) is 2.39. The van der Waals surface area contributed by atoms with E-state index in [0.717, 1.165) is 18.2 Å². The molecule has 1 aromatic carbocycles. The fraction of sp³-hybridized carbons (Fsp3) is 0.385. The van der Waals surface area contributed by atoms with Crippen molar-refractivity contribution in [2.45, 2.75) is 12.5 Å². The molecular formula is C13H13F2NO5S. The van der Waals surface area contributed by atoms with Crippen LogP contribution in [0.15, 0.2) is 18.2 Å². The van der Waals surface area contributed by atoms with Crippen LogP contribution in [0.5, 0.6) is 0 Å². The topological polar surface area (TPSA) is 89.5 Å². The molecule has 1 aromatic rings. The van der Waals surface area contributed by atoms with E-state index in [1.54, 1.807) is 0 Å². The Morgan fingerprint density at radius 2 is 1.91 bits per heavy atom. The molecule has 22 heavy (non-hydrogen) atoms. The van der Waals surface area contributed by atoms with Gasteiger partial charge in [0.1, 0.15) is 17.2 Å². The van der Waals surface area contributed by atoms with Crippen molar-refractivity contribution in [3.05, 3.63) is 35.4 Å². The van der Waals surface area contributed by atoms with E-state index in [4.69, 9.17) is 0 Å². The molecule has 120 valence electrons. The highest BCUT2D eigenvalue weighted by molar-refractivity contribution is 7.91. The summed E-state index contributed by atoms with van der Waals surface area (Å²) in [6.45, 7) is -0.747. The highest BCUT2D eigenvalue weighted by atomic mass is 32.2. The van der Waals surface area contributed by atoms with E-state index in [9.17, 15) is 26.8 Å². The summed E-state index contributed by atoms with van der Waals surface area (Å²) in [5.74, 6) is -4.40. The Bertz CT molecular complexity index is 684. The van der Waals surface area contributed by atoms with Gasteiger partial charge in [-0.3, -0.25) is 4.79 Å². The SMILES string of the molecule is O=C(COC(=O)c1c(F)cccc1F)N[C@@H]1CCS(=O)(=O)C1. The molecule has 1 aliphatic heterocycles. The van der Waals surface area contributed by atoms with Gasteiger partial charge in [-0.1, -0.05) is 6.07 Å². The van der Waals surface area contributed by atoms with Crippen LogP contribution in [0.3, 0.4) is 0 Å². The molecule has 1 saturated heterocycles. The van der Waals surface area contributed by atoms with Gasteiger partial charge in [0.15, 0.2) is 16.4 Å². The third-order valence-electron chi connectivity index (χ3n) is 3.10. The van der Waals surface area contributed by atoms with E-state index < -0.39 is 51.6 Å². The fourth-order valence-electron chi connectivity index (χ4n) is 2.07. The van der Waals surface area contributed by atoms with E-state index in [1.807, 2.05) is 0 Å². The van der Waals surface area contributed by atoms with Gasteiger partial charge >= 0.3 is 5.97 Å². The van der Waals surface area contributed by atoms with Crippen molar-refractivity contribution in [3.63, 3.8) is 0 Å². The molecule has 0 unspecified atom stereocenters. The average molecular weight is 333 g/mol. The van der Waals surface area contributed by atoms with Crippen molar-refractivity contribution < 1.29 is 31.5 Å². The van der Waals surface area contributed by atoms with Gasteiger partial charge in [-0.05, 0) is 18.6 Å². The maximum atomic E-state index is 13.3. The third kappa shape index (κ3) is 4.00. The molecule has 0 aromatic heterocycles. The van der Waals surface area contributed by atoms with Crippen LogP contribution in [0.2, 0.25) is 0 Å². The monoisotopic (exact) mass is 333 g/mol. The predicted molar refractivity (Wildman–Crippen MR) is 71.8 cm³/mol. The molecule has 0 aliphatic carbocycles. The molecule has 6 nitrogen and oxygen atoms in total. The van der Waals surface area contributed by atoms with E-state index in [-0.39, 0.29) is 17.9 Å². The number of rotatable bonds is 4. The number of esters is 1. The minimum atomic E-state index is -3.15. The van der Waals surface area contributed by atoms with E-state index in [1.165, 1.54) is 0 Å². The summed E-state index contributed by atoms with van der Waals surface area (Å²) in [6.07, 6.45) is 0.282. The second kappa shape index (κ2) is 6.39. The Balaban J connectivity index is 1.88. The van der Waals surface area contributed by atoms with Gasteiger partial charge < -0.3 is 10.1 Å². The standard InChI is InChI=1S/C13H13F2NO5S/c14-9-2-1-3-10(15)12(9)13(18)21-6-11(17)16-8-4-5-22(19,20)7-8/h1-3,8H,4-7H2,(H,16,17)/t8-/m1/s1. The van der Waals surface area contributed by atoms with E-state index >= 15 is 0 Å². The Morgan fingerprint density at radius 1 is 1.27 bits per heavy atom. The average Bonchev–Trinajstić information content (AvgIpc) is 2.75. The van der Waals surface area contributed by atoms with Crippen LogP contribution in [0.4, 0.5) is 8.78 Å². The van der Waals surface area contributed by atoms with Gasteiger partial charge in [0.25, 0.3) is 5.91 Å². The van der Waals surface area contributed by atoms with Crippen LogP contribution in [0, 0.1) is 11.6 Å². The predicted octanol–water partition coefficient (Wildman–Crippen LogP) is 0.425. The molecule has 1 aliphatic rings. The summed E-state index contributed by atoms with van der Waals surface area (Å²) >= 11 is 0. The summed E-state index contributed by atoms with van der Waals surface area (Å²) in [4.78, 5) is 23.1. The molecule has 0 saturated carbocycles. The Morgan fingerprint density at radius 3 is 2.45 bits per heavy atom. The molecule has 0 spiro atoms. The number of amides is 1. The van der Waals surface area contributed by atoms with Crippen molar-refractivity contribution >= 4 is 21.7 Å². The van der Waals surface area contributed by atoms with Crippen LogP contribution in [0.25, 0.3) is 0 Å². The van der Waals surface area contributed by atoms with Crippen LogP contribution >= 0.6 is 0 Å². The van der Waals surface area contributed by atoms with Crippen LogP contribution < -0.4 is 5.32 Å². The molecule has 0 radical (unpaired) electrons. The lowest BCUT2D eigenvalue weighted by molar-refractivity contribution is -0.124. The van der Waals surface area contributed by atoms with Gasteiger partial charge in [-0.25, -0.2) is 22.0 Å². The number of hydrogen-bond donors (Lipinski definition) is 1. The number of ether oxygens (including phenoxy) is 1. The number of carbonyl (C=O) groups excluding carboxylic acids is 2. The van der Waals surface area contributed by atoms with Gasteiger partial charge in [0, 0.05) is 6.04 Å². The number of nitrogens with one attached hydrogen (secondary N) is 1. The maximum absolute atomic E-state index is 13.3. The zero-order valence-corrected chi connectivity index (χ0v) is 12.2. The summed E-state index contributed by atoms with van der Waals surface area (Å²) < 4.78 is 53.7. The zero-order valence-electron chi connectivity index (χ0n) is 11.3. The number of carbonyl (C=O) groups is 2. The number of halogens is 2.